The van der Waals surface area contributed by atoms with Gasteiger partial charge in [0.2, 0.25) is 5.91 Å². The fraction of sp³-hybridized carbons (Fsp3) is 0.148. The zero-order valence-corrected chi connectivity index (χ0v) is 20.1. The molecule has 0 radical (unpaired) electrons. The van der Waals surface area contributed by atoms with Gasteiger partial charge in [0.05, 0.1) is 30.1 Å². The van der Waals surface area contributed by atoms with Gasteiger partial charge in [-0.3, -0.25) is 14.6 Å². The number of para-hydroxylation sites is 2. The molecule has 35 heavy (non-hydrogen) atoms. The molecule has 0 bridgehead atoms. The number of aromatic nitrogens is 1. The van der Waals surface area contributed by atoms with Crippen molar-refractivity contribution >= 4 is 45.9 Å². The molecule has 176 valence electrons. The number of carbonyl (C=O) groups is 2. The van der Waals surface area contributed by atoms with Crippen LogP contribution >= 0.6 is 23.2 Å². The Hall–Kier alpha value is -3.61. The number of amides is 2. The zero-order chi connectivity index (χ0) is 24.5. The number of benzene rings is 3. The second-order valence-corrected chi connectivity index (χ2v) is 9.23. The van der Waals surface area contributed by atoms with Crippen molar-refractivity contribution in [2.45, 2.75) is 18.9 Å². The zero-order valence-electron chi connectivity index (χ0n) is 18.6. The minimum atomic E-state index is -0.542. The summed E-state index contributed by atoms with van der Waals surface area (Å²) in [7, 11) is 0. The number of nitrogens with one attached hydrogen (secondary N) is 1. The standard InChI is InChI=1S/C27H21Cl2N3O3/c28-16-10-15(11-17(29)12-16)18-5-3-6-19-21(13-25(30)33)22(14-31-26(18)19)27(34)32-23-8-9-35-24-7-2-1-4-20(23)24/h1-7,10-12,14,23H,8-9,13H2,(H2,30,33)(H,32,34)/t23-/m0/s1. The van der Waals surface area contributed by atoms with Gasteiger partial charge in [-0.15, -0.1) is 0 Å². The van der Waals surface area contributed by atoms with Crippen molar-refractivity contribution in [1.82, 2.24) is 10.3 Å². The summed E-state index contributed by atoms with van der Waals surface area (Å²) in [6, 6.07) is 18.2. The molecule has 0 unspecified atom stereocenters. The Labute approximate surface area is 212 Å². The van der Waals surface area contributed by atoms with E-state index in [0.717, 1.165) is 22.4 Å². The van der Waals surface area contributed by atoms with Gasteiger partial charge in [0.15, 0.2) is 0 Å². The van der Waals surface area contributed by atoms with Gasteiger partial charge in [-0.05, 0) is 35.4 Å². The van der Waals surface area contributed by atoms with E-state index >= 15 is 0 Å². The number of primary amides is 1. The molecule has 0 fully saturated rings. The molecule has 2 heterocycles. The summed E-state index contributed by atoms with van der Waals surface area (Å²) in [6.45, 7) is 0.498. The topological polar surface area (TPSA) is 94.3 Å². The van der Waals surface area contributed by atoms with E-state index in [1.807, 2.05) is 42.5 Å². The maximum absolute atomic E-state index is 13.4. The number of carbonyl (C=O) groups excluding carboxylic acids is 2. The summed E-state index contributed by atoms with van der Waals surface area (Å²) in [5.41, 5.74) is 9.50. The van der Waals surface area contributed by atoms with Crippen LogP contribution < -0.4 is 15.8 Å². The number of pyridine rings is 1. The molecule has 1 aromatic heterocycles. The molecule has 3 N–H and O–H groups in total. The molecule has 0 spiro atoms. The smallest absolute Gasteiger partial charge is 0.253 e. The van der Waals surface area contributed by atoms with Crippen LogP contribution in [0.15, 0.2) is 66.9 Å². The number of rotatable bonds is 5. The second-order valence-electron chi connectivity index (χ2n) is 8.35. The molecular weight excluding hydrogens is 485 g/mol. The van der Waals surface area contributed by atoms with Crippen LogP contribution in [0.25, 0.3) is 22.0 Å². The highest BCUT2D eigenvalue weighted by atomic mass is 35.5. The van der Waals surface area contributed by atoms with Crippen molar-refractivity contribution < 1.29 is 14.3 Å². The van der Waals surface area contributed by atoms with Crippen molar-refractivity contribution in [2.75, 3.05) is 6.61 Å². The lowest BCUT2D eigenvalue weighted by atomic mass is 9.94. The molecule has 0 saturated heterocycles. The van der Waals surface area contributed by atoms with Crippen LogP contribution in [0.3, 0.4) is 0 Å². The molecule has 5 rings (SSSR count). The predicted molar refractivity (Wildman–Crippen MR) is 137 cm³/mol. The van der Waals surface area contributed by atoms with Crippen LogP contribution in [0.4, 0.5) is 0 Å². The van der Waals surface area contributed by atoms with E-state index < -0.39 is 5.91 Å². The summed E-state index contributed by atoms with van der Waals surface area (Å²) in [5, 5.41) is 4.74. The van der Waals surface area contributed by atoms with Gasteiger partial charge in [-0.1, -0.05) is 59.6 Å². The molecule has 2 amide bonds. The SMILES string of the molecule is NC(=O)Cc1c(C(=O)N[C@H]2CCOc3ccccc32)cnc2c(-c3cc(Cl)cc(Cl)c3)cccc12. The number of nitrogens with two attached hydrogens (primary N) is 1. The van der Waals surface area contributed by atoms with Crippen LogP contribution in [-0.4, -0.2) is 23.4 Å². The van der Waals surface area contributed by atoms with Crippen LogP contribution in [0, 0.1) is 0 Å². The molecule has 1 aliphatic rings. The van der Waals surface area contributed by atoms with E-state index in [4.69, 9.17) is 33.7 Å². The van der Waals surface area contributed by atoms with E-state index in [-0.39, 0.29) is 18.4 Å². The Morgan fingerprint density at radius 1 is 1.06 bits per heavy atom. The number of ether oxygens (including phenoxy) is 1. The first kappa shape index (κ1) is 23.1. The minimum absolute atomic E-state index is 0.105. The maximum atomic E-state index is 13.4. The quantitative estimate of drug-likeness (QED) is 0.374. The van der Waals surface area contributed by atoms with Gasteiger partial charge in [-0.25, -0.2) is 0 Å². The van der Waals surface area contributed by atoms with Crippen LogP contribution in [0.2, 0.25) is 10.0 Å². The molecule has 8 heteroatoms. The van der Waals surface area contributed by atoms with Gasteiger partial charge in [0.1, 0.15) is 5.75 Å². The second kappa shape index (κ2) is 9.56. The van der Waals surface area contributed by atoms with E-state index in [1.54, 1.807) is 18.2 Å². The van der Waals surface area contributed by atoms with Crippen molar-refractivity contribution in [3.8, 4) is 16.9 Å². The van der Waals surface area contributed by atoms with Gasteiger partial charge in [-0.2, -0.15) is 0 Å². The molecular formula is C27H21Cl2N3O3. The molecule has 1 atom stereocenters. The van der Waals surface area contributed by atoms with E-state index in [9.17, 15) is 9.59 Å². The lowest BCUT2D eigenvalue weighted by Gasteiger charge is -2.27. The molecule has 4 aromatic rings. The first-order valence-corrected chi connectivity index (χ1v) is 11.8. The Bertz CT molecular complexity index is 1450. The third kappa shape index (κ3) is 4.67. The Balaban J connectivity index is 1.59. The van der Waals surface area contributed by atoms with E-state index in [1.165, 1.54) is 6.20 Å². The largest absolute Gasteiger partial charge is 0.493 e. The Morgan fingerprint density at radius 3 is 2.60 bits per heavy atom. The molecule has 1 aliphatic heterocycles. The predicted octanol–water partition coefficient (Wildman–Crippen LogP) is 5.49. The summed E-state index contributed by atoms with van der Waals surface area (Å²) < 4.78 is 5.70. The fourth-order valence-corrected chi connectivity index (χ4v) is 5.03. The van der Waals surface area contributed by atoms with Gasteiger partial charge in [0.25, 0.3) is 5.91 Å². The first-order chi connectivity index (χ1) is 16.9. The van der Waals surface area contributed by atoms with Crippen molar-refractivity contribution in [3.63, 3.8) is 0 Å². The van der Waals surface area contributed by atoms with Crippen LogP contribution in [-0.2, 0) is 11.2 Å². The Kier molecular flexibility index (Phi) is 6.32. The number of halogens is 2. The monoisotopic (exact) mass is 505 g/mol. The molecule has 0 saturated carbocycles. The fourth-order valence-electron chi connectivity index (χ4n) is 4.51. The maximum Gasteiger partial charge on any atom is 0.253 e. The molecule has 3 aromatic carbocycles. The summed E-state index contributed by atoms with van der Waals surface area (Å²) >= 11 is 12.4. The molecule has 0 aliphatic carbocycles. The van der Waals surface area contributed by atoms with Gasteiger partial charge in [0, 0.05) is 39.2 Å². The lowest BCUT2D eigenvalue weighted by molar-refractivity contribution is -0.117. The number of nitrogens with zero attached hydrogens (tertiary/aromatic N) is 1. The lowest BCUT2D eigenvalue weighted by Crippen LogP contribution is -2.33. The molecule has 6 nitrogen and oxygen atoms in total. The summed E-state index contributed by atoms with van der Waals surface area (Å²) in [4.78, 5) is 30.1. The number of hydrogen-bond acceptors (Lipinski definition) is 4. The van der Waals surface area contributed by atoms with E-state index in [2.05, 4.69) is 10.3 Å². The first-order valence-electron chi connectivity index (χ1n) is 11.1. The highest BCUT2D eigenvalue weighted by molar-refractivity contribution is 6.35. The van der Waals surface area contributed by atoms with Gasteiger partial charge < -0.3 is 15.8 Å². The third-order valence-electron chi connectivity index (χ3n) is 6.04. The highest BCUT2D eigenvalue weighted by Crippen LogP contribution is 2.35. The van der Waals surface area contributed by atoms with E-state index in [0.29, 0.717) is 45.1 Å². The van der Waals surface area contributed by atoms with Crippen LogP contribution in [0.5, 0.6) is 5.75 Å². The van der Waals surface area contributed by atoms with Crippen molar-refractivity contribution in [3.05, 3.63) is 93.6 Å². The average Bonchev–Trinajstić information content (AvgIpc) is 2.83. The normalized spacial score (nSPS) is 14.7. The minimum Gasteiger partial charge on any atom is -0.493 e. The summed E-state index contributed by atoms with van der Waals surface area (Å²) in [5.74, 6) is -0.115. The summed E-state index contributed by atoms with van der Waals surface area (Å²) in [6.07, 6.45) is 2.03. The van der Waals surface area contributed by atoms with Crippen molar-refractivity contribution in [1.29, 1.82) is 0 Å². The average molecular weight is 506 g/mol. The third-order valence-corrected chi connectivity index (χ3v) is 6.48. The number of fused-ring (bicyclic) bond motifs is 2. The number of hydrogen-bond donors (Lipinski definition) is 2. The Morgan fingerprint density at radius 2 is 1.83 bits per heavy atom. The van der Waals surface area contributed by atoms with Crippen LogP contribution in [0.1, 0.15) is 33.9 Å². The van der Waals surface area contributed by atoms with Crippen molar-refractivity contribution in [2.24, 2.45) is 5.73 Å². The highest BCUT2D eigenvalue weighted by Gasteiger charge is 2.25. The van der Waals surface area contributed by atoms with Gasteiger partial charge >= 0.3 is 0 Å².